The first kappa shape index (κ1) is 12.1. The molecule has 90 valence electrons. The first-order chi connectivity index (χ1) is 8.13. The zero-order valence-corrected chi connectivity index (χ0v) is 10.9. The molecule has 2 aromatic rings. The van der Waals surface area contributed by atoms with E-state index in [1.165, 1.54) is 0 Å². The van der Waals surface area contributed by atoms with Crippen molar-refractivity contribution in [1.29, 1.82) is 0 Å². The van der Waals surface area contributed by atoms with Gasteiger partial charge in [-0.25, -0.2) is 15.0 Å². The van der Waals surface area contributed by atoms with Gasteiger partial charge < -0.3 is 5.73 Å². The molecule has 2 aromatic heterocycles. The molecule has 1 atom stereocenters. The van der Waals surface area contributed by atoms with Gasteiger partial charge in [0.25, 0.3) is 0 Å². The second kappa shape index (κ2) is 5.33. The van der Waals surface area contributed by atoms with Gasteiger partial charge in [-0.15, -0.1) is 11.3 Å². The first-order valence-corrected chi connectivity index (χ1v) is 6.48. The highest BCUT2D eigenvalue weighted by molar-refractivity contribution is 7.09. The largest absolute Gasteiger partial charge is 0.328 e. The van der Waals surface area contributed by atoms with Crippen molar-refractivity contribution in [3.8, 4) is 0 Å². The Hall–Kier alpha value is -1.33. The fraction of sp³-hybridized carbons (Fsp3) is 0.417. The maximum Gasteiger partial charge on any atom is 0.135 e. The second-order valence-corrected chi connectivity index (χ2v) is 5.19. The fourth-order valence-electron chi connectivity index (χ4n) is 1.57. The Kier molecular flexibility index (Phi) is 3.81. The summed E-state index contributed by atoms with van der Waals surface area (Å²) in [6.45, 7) is 3.97. The van der Waals surface area contributed by atoms with Gasteiger partial charge in [-0.2, -0.15) is 0 Å². The molecular formula is C12H16N4S. The lowest BCUT2D eigenvalue weighted by atomic mass is 10.1. The van der Waals surface area contributed by atoms with E-state index in [-0.39, 0.29) is 6.04 Å². The molecule has 2 heterocycles. The summed E-state index contributed by atoms with van der Waals surface area (Å²) >= 11 is 1.65. The molecule has 2 N–H and O–H groups in total. The molecule has 0 fully saturated rings. The number of aromatic nitrogens is 3. The van der Waals surface area contributed by atoms with E-state index in [2.05, 4.69) is 15.0 Å². The second-order valence-electron chi connectivity index (χ2n) is 4.25. The monoisotopic (exact) mass is 248 g/mol. The van der Waals surface area contributed by atoms with Crippen LogP contribution in [0.25, 0.3) is 0 Å². The van der Waals surface area contributed by atoms with Gasteiger partial charge in [-0.3, -0.25) is 0 Å². The van der Waals surface area contributed by atoms with Gasteiger partial charge in [0.05, 0.1) is 6.42 Å². The zero-order valence-electron chi connectivity index (χ0n) is 10.1. The van der Waals surface area contributed by atoms with Crippen LogP contribution in [-0.2, 0) is 12.8 Å². The third kappa shape index (κ3) is 3.57. The number of nitrogens with two attached hydrogens (primary N) is 1. The average molecular weight is 248 g/mol. The maximum atomic E-state index is 5.72. The fourth-order valence-corrected chi connectivity index (χ4v) is 2.34. The molecule has 17 heavy (non-hydrogen) atoms. The molecule has 0 saturated carbocycles. The predicted octanol–water partition coefficient (Wildman–Crippen LogP) is 1.72. The van der Waals surface area contributed by atoms with Crippen molar-refractivity contribution in [2.45, 2.75) is 32.7 Å². The minimum atomic E-state index is 0.145. The average Bonchev–Trinajstić information content (AvgIpc) is 2.66. The number of thiazole rings is 1. The highest BCUT2D eigenvalue weighted by atomic mass is 32.1. The third-order valence-electron chi connectivity index (χ3n) is 2.29. The molecule has 0 aliphatic rings. The van der Waals surface area contributed by atoms with Gasteiger partial charge in [-0.1, -0.05) is 0 Å². The Labute approximate surface area is 105 Å². The van der Waals surface area contributed by atoms with E-state index < -0.39 is 0 Å². The van der Waals surface area contributed by atoms with E-state index in [1.54, 1.807) is 11.3 Å². The van der Waals surface area contributed by atoms with Crippen LogP contribution >= 0.6 is 11.3 Å². The normalized spacial score (nSPS) is 12.6. The summed E-state index contributed by atoms with van der Waals surface area (Å²) in [6, 6.07) is 0.145. The Bertz CT molecular complexity index is 476. The Morgan fingerprint density at radius 2 is 2.06 bits per heavy atom. The van der Waals surface area contributed by atoms with Crippen molar-refractivity contribution >= 4 is 11.3 Å². The summed E-state index contributed by atoms with van der Waals surface area (Å²) in [7, 11) is 0. The Morgan fingerprint density at radius 1 is 1.35 bits per heavy atom. The minimum absolute atomic E-state index is 0.145. The highest BCUT2D eigenvalue weighted by Crippen LogP contribution is 2.12. The van der Waals surface area contributed by atoms with E-state index in [9.17, 15) is 0 Å². The van der Waals surface area contributed by atoms with Crippen LogP contribution in [0.4, 0.5) is 0 Å². The van der Waals surface area contributed by atoms with Crippen molar-refractivity contribution in [3.05, 3.63) is 39.9 Å². The topological polar surface area (TPSA) is 64.7 Å². The third-order valence-corrected chi connectivity index (χ3v) is 3.26. The van der Waals surface area contributed by atoms with E-state index >= 15 is 0 Å². The Morgan fingerprint density at radius 3 is 2.59 bits per heavy atom. The smallest absolute Gasteiger partial charge is 0.135 e. The van der Waals surface area contributed by atoms with Crippen LogP contribution in [0.15, 0.2) is 17.8 Å². The van der Waals surface area contributed by atoms with E-state index in [4.69, 9.17) is 5.73 Å². The van der Waals surface area contributed by atoms with Crippen LogP contribution in [0.2, 0.25) is 0 Å². The number of nitrogens with zero attached hydrogens (tertiary/aromatic N) is 3. The van der Waals surface area contributed by atoms with Crippen molar-refractivity contribution in [2.75, 3.05) is 0 Å². The quantitative estimate of drug-likeness (QED) is 0.894. The minimum Gasteiger partial charge on any atom is -0.328 e. The molecule has 1 unspecified atom stereocenters. The van der Waals surface area contributed by atoms with Crippen LogP contribution in [0.5, 0.6) is 0 Å². The van der Waals surface area contributed by atoms with Crippen molar-refractivity contribution in [1.82, 2.24) is 15.0 Å². The predicted molar refractivity (Wildman–Crippen MR) is 69.0 cm³/mol. The van der Waals surface area contributed by atoms with Gasteiger partial charge in [0.2, 0.25) is 0 Å². The van der Waals surface area contributed by atoms with Gasteiger partial charge in [-0.05, 0) is 25.8 Å². The highest BCUT2D eigenvalue weighted by Gasteiger charge is 2.04. The zero-order chi connectivity index (χ0) is 12.3. The lowest BCUT2D eigenvalue weighted by Gasteiger charge is -2.04. The van der Waals surface area contributed by atoms with Crippen LogP contribution < -0.4 is 5.73 Å². The van der Waals surface area contributed by atoms with Gasteiger partial charge >= 0.3 is 0 Å². The molecule has 0 bridgehead atoms. The molecule has 0 aliphatic carbocycles. The van der Waals surface area contributed by atoms with Gasteiger partial charge in [0.15, 0.2) is 0 Å². The number of rotatable bonds is 4. The number of aryl methyl sites for hydroxylation is 1. The lowest BCUT2D eigenvalue weighted by molar-refractivity contribution is 0.729. The van der Waals surface area contributed by atoms with Crippen LogP contribution in [-0.4, -0.2) is 21.0 Å². The van der Waals surface area contributed by atoms with Crippen LogP contribution in [0.3, 0.4) is 0 Å². The molecule has 5 heteroatoms. The summed E-state index contributed by atoms with van der Waals surface area (Å²) in [5.41, 5.74) is 7.86. The summed E-state index contributed by atoms with van der Waals surface area (Å²) in [6.07, 6.45) is 5.23. The van der Waals surface area contributed by atoms with E-state index in [0.29, 0.717) is 6.42 Å². The molecule has 2 rings (SSSR count). The van der Waals surface area contributed by atoms with Crippen molar-refractivity contribution in [3.63, 3.8) is 0 Å². The Balaban J connectivity index is 2.03. The summed E-state index contributed by atoms with van der Waals surface area (Å²) in [5, 5.41) is 3.10. The molecule has 0 saturated heterocycles. The van der Waals surface area contributed by atoms with E-state index in [1.807, 2.05) is 31.6 Å². The van der Waals surface area contributed by atoms with Crippen LogP contribution in [0.1, 0.15) is 29.0 Å². The maximum absolute atomic E-state index is 5.72. The first-order valence-electron chi connectivity index (χ1n) is 5.60. The number of hydrogen-bond donors (Lipinski definition) is 1. The number of hydrogen-bond acceptors (Lipinski definition) is 5. The van der Waals surface area contributed by atoms with Gasteiger partial charge in [0.1, 0.15) is 10.8 Å². The SMILES string of the molecule is Cc1csc(Cc2ncc(CC(C)N)cn2)n1. The summed E-state index contributed by atoms with van der Waals surface area (Å²) < 4.78 is 0. The molecule has 0 aromatic carbocycles. The van der Waals surface area contributed by atoms with Crippen molar-refractivity contribution < 1.29 is 0 Å². The van der Waals surface area contributed by atoms with Crippen LogP contribution in [0, 0.1) is 6.92 Å². The van der Waals surface area contributed by atoms with Crippen molar-refractivity contribution in [2.24, 2.45) is 5.73 Å². The van der Waals surface area contributed by atoms with E-state index in [0.717, 1.165) is 28.5 Å². The molecule has 0 radical (unpaired) electrons. The standard InChI is InChI=1S/C12H16N4S/c1-8(13)3-10-5-14-11(15-6-10)4-12-16-9(2)7-17-12/h5-8H,3-4,13H2,1-2H3. The molecule has 0 aliphatic heterocycles. The molecular weight excluding hydrogens is 232 g/mol. The lowest BCUT2D eigenvalue weighted by Crippen LogP contribution is -2.18. The summed E-state index contributed by atoms with van der Waals surface area (Å²) in [4.78, 5) is 13.1. The van der Waals surface area contributed by atoms with Gasteiger partial charge in [0, 0.05) is 29.5 Å². The molecule has 0 amide bonds. The summed E-state index contributed by atoms with van der Waals surface area (Å²) in [5.74, 6) is 0.813. The molecule has 0 spiro atoms. The molecule has 4 nitrogen and oxygen atoms in total.